The van der Waals surface area contributed by atoms with Crippen LogP contribution in [0.5, 0.6) is 11.5 Å². The Morgan fingerprint density at radius 2 is 1.08 bits per heavy atom. The number of carbonyl (C=O) groups excluding carboxylic acids is 5. The molecule has 0 atom stereocenters. The zero-order chi connectivity index (χ0) is 26.2. The summed E-state index contributed by atoms with van der Waals surface area (Å²) in [6.45, 7) is 3.82. The van der Waals surface area contributed by atoms with Crippen LogP contribution in [-0.2, 0) is 14.4 Å². The number of rotatable bonds is 7. The Hall–Kier alpha value is -4.85. The minimum absolute atomic E-state index is 0.0120. The third-order valence-electron chi connectivity index (χ3n) is 4.81. The summed E-state index contributed by atoms with van der Waals surface area (Å²) in [5.41, 5.74) is 0.841. The SMILES string of the molecule is CC(=O)/C=C/c1ccc(N(C(=O)c2ccccc2OC(C)=O)C(=O)c2ccccc2OC(C)=O)cc1. The molecular formula is C28H23NO7. The van der Waals surface area contributed by atoms with Crippen LogP contribution in [0.1, 0.15) is 47.1 Å². The second-order valence-corrected chi connectivity index (χ2v) is 7.66. The Kier molecular flexibility index (Phi) is 8.25. The highest BCUT2D eigenvalue weighted by Crippen LogP contribution is 2.28. The molecule has 0 spiro atoms. The second kappa shape index (κ2) is 11.5. The first-order chi connectivity index (χ1) is 17.2. The number of hydrogen-bond acceptors (Lipinski definition) is 7. The van der Waals surface area contributed by atoms with Gasteiger partial charge < -0.3 is 9.47 Å². The van der Waals surface area contributed by atoms with Gasteiger partial charge in [-0.05, 0) is 55.0 Å². The van der Waals surface area contributed by atoms with E-state index in [1.807, 2.05) is 0 Å². The predicted octanol–water partition coefficient (Wildman–Crippen LogP) is 4.63. The predicted molar refractivity (Wildman–Crippen MR) is 133 cm³/mol. The lowest BCUT2D eigenvalue weighted by atomic mass is 10.1. The van der Waals surface area contributed by atoms with Crippen molar-refractivity contribution in [1.29, 1.82) is 0 Å². The Morgan fingerprint density at radius 3 is 1.50 bits per heavy atom. The zero-order valence-corrected chi connectivity index (χ0v) is 19.9. The number of nitrogens with zero attached hydrogens (tertiary/aromatic N) is 1. The highest BCUT2D eigenvalue weighted by atomic mass is 16.5. The lowest BCUT2D eigenvalue weighted by Crippen LogP contribution is -2.37. The van der Waals surface area contributed by atoms with E-state index in [-0.39, 0.29) is 34.1 Å². The first kappa shape index (κ1) is 25.8. The van der Waals surface area contributed by atoms with E-state index in [4.69, 9.17) is 9.47 Å². The van der Waals surface area contributed by atoms with Crippen molar-refractivity contribution < 1.29 is 33.4 Å². The average Bonchev–Trinajstić information content (AvgIpc) is 2.83. The van der Waals surface area contributed by atoms with Crippen molar-refractivity contribution in [2.45, 2.75) is 20.8 Å². The van der Waals surface area contributed by atoms with Gasteiger partial charge in [-0.3, -0.25) is 24.0 Å². The van der Waals surface area contributed by atoms with Crippen LogP contribution < -0.4 is 14.4 Å². The maximum Gasteiger partial charge on any atom is 0.308 e. The van der Waals surface area contributed by atoms with Gasteiger partial charge in [0, 0.05) is 13.8 Å². The van der Waals surface area contributed by atoms with E-state index < -0.39 is 23.8 Å². The fraction of sp³-hybridized carbons (Fsp3) is 0.107. The minimum atomic E-state index is -0.762. The van der Waals surface area contributed by atoms with Gasteiger partial charge in [0.25, 0.3) is 11.8 Å². The van der Waals surface area contributed by atoms with Crippen molar-refractivity contribution in [3.8, 4) is 11.5 Å². The fourth-order valence-electron chi connectivity index (χ4n) is 3.29. The highest BCUT2D eigenvalue weighted by Gasteiger charge is 2.30. The molecule has 182 valence electrons. The van der Waals surface area contributed by atoms with E-state index in [2.05, 4.69) is 0 Å². The van der Waals surface area contributed by atoms with Crippen LogP contribution in [0.3, 0.4) is 0 Å². The van der Waals surface area contributed by atoms with Crippen LogP contribution in [0.4, 0.5) is 5.69 Å². The van der Waals surface area contributed by atoms with Crippen molar-refractivity contribution in [2.75, 3.05) is 4.90 Å². The summed E-state index contributed by atoms with van der Waals surface area (Å²) in [5, 5.41) is 0. The van der Waals surface area contributed by atoms with Gasteiger partial charge in [0.1, 0.15) is 11.5 Å². The number of anilines is 1. The maximum atomic E-state index is 13.7. The van der Waals surface area contributed by atoms with Gasteiger partial charge in [0.15, 0.2) is 5.78 Å². The first-order valence-electron chi connectivity index (χ1n) is 10.9. The molecule has 3 rings (SSSR count). The Bertz CT molecular complexity index is 1280. The molecule has 0 unspecified atom stereocenters. The summed E-state index contributed by atoms with van der Waals surface area (Å²) in [6, 6.07) is 18.4. The number of ether oxygens (including phenoxy) is 2. The minimum Gasteiger partial charge on any atom is -0.426 e. The van der Waals surface area contributed by atoms with Gasteiger partial charge in [-0.15, -0.1) is 0 Å². The number of carbonyl (C=O) groups is 5. The molecule has 0 fully saturated rings. The van der Waals surface area contributed by atoms with Crippen LogP contribution in [-0.4, -0.2) is 29.5 Å². The molecule has 0 bridgehead atoms. The van der Waals surface area contributed by atoms with E-state index in [9.17, 15) is 24.0 Å². The number of ketones is 1. The third kappa shape index (κ3) is 6.38. The van der Waals surface area contributed by atoms with E-state index in [1.165, 1.54) is 51.1 Å². The van der Waals surface area contributed by atoms with Crippen molar-refractivity contribution in [3.63, 3.8) is 0 Å². The summed E-state index contributed by atoms with van der Waals surface area (Å²) in [6.07, 6.45) is 3.00. The number of allylic oxidation sites excluding steroid dienone is 1. The average molecular weight is 485 g/mol. The molecule has 0 aromatic heterocycles. The summed E-state index contributed by atoms with van der Waals surface area (Å²) in [5.74, 6) is -2.94. The number of hydrogen-bond donors (Lipinski definition) is 0. The lowest BCUT2D eigenvalue weighted by molar-refractivity contribution is -0.132. The molecule has 0 aliphatic rings. The van der Waals surface area contributed by atoms with Crippen LogP contribution in [0, 0.1) is 0 Å². The highest BCUT2D eigenvalue weighted by molar-refractivity contribution is 6.27. The lowest BCUT2D eigenvalue weighted by Gasteiger charge is -2.23. The molecule has 0 saturated carbocycles. The summed E-state index contributed by atoms with van der Waals surface area (Å²) >= 11 is 0. The molecule has 0 saturated heterocycles. The van der Waals surface area contributed by atoms with Gasteiger partial charge in [-0.2, -0.15) is 0 Å². The third-order valence-corrected chi connectivity index (χ3v) is 4.81. The molecule has 0 N–H and O–H groups in total. The molecule has 0 aliphatic carbocycles. The van der Waals surface area contributed by atoms with Crippen molar-refractivity contribution in [2.24, 2.45) is 0 Å². The van der Waals surface area contributed by atoms with Crippen LogP contribution in [0.2, 0.25) is 0 Å². The number of esters is 2. The van der Waals surface area contributed by atoms with Crippen LogP contribution >= 0.6 is 0 Å². The first-order valence-corrected chi connectivity index (χ1v) is 10.9. The van der Waals surface area contributed by atoms with Gasteiger partial charge in [-0.1, -0.05) is 42.5 Å². The zero-order valence-electron chi connectivity index (χ0n) is 19.9. The van der Waals surface area contributed by atoms with Gasteiger partial charge >= 0.3 is 11.9 Å². The Balaban J connectivity index is 2.13. The molecule has 8 heteroatoms. The molecule has 0 aliphatic heterocycles. The number of para-hydroxylation sites is 2. The molecule has 2 amide bonds. The monoisotopic (exact) mass is 485 g/mol. The molecule has 3 aromatic rings. The number of amides is 2. The Morgan fingerprint density at radius 1 is 0.639 bits per heavy atom. The van der Waals surface area contributed by atoms with Crippen LogP contribution in [0.25, 0.3) is 6.08 Å². The van der Waals surface area contributed by atoms with E-state index >= 15 is 0 Å². The second-order valence-electron chi connectivity index (χ2n) is 7.66. The normalized spacial score (nSPS) is 10.5. The molecule has 3 aromatic carbocycles. The summed E-state index contributed by atoms with van der Waals surface area (Å²) in [7, 11) is 0. The standard InChI is InChI=1S/C28H23NO7/c1-18(30)12-13-21-14-16-22(17-15-21)29(27(33)23-8-4-6-10-25(23)35-19(2)31)28(34)24-9-5-7-11-26(24)36-20(3)32/h4-17H,1-3H3/b13-12+. The van der Waals surface area contributed by atoms with Gasteiger partial charge in [0.2, 0.25) is 0 Å². The number of imide groups is 1. The quantitative estimate of drug-likeness (QED) is 0.208. The maximum absolute atomic E-state index is 13.7. The van der Waals surface area contributed by atoms with E-state index in [0.29, 0.717) is 5.56 Å². The van der Waals surface area contributed by atoms with Crippen molar-refractivity contribution in [3.05, 3.63) is 95.6 Å². The fourth-order valence-corrected chi connectivity index (χ4v) is 3.29. The van der Waals surface area contributed by atoms with Gasteiger partial charge in [0.05, 0.1) is 16.8 Å². The molecule has 36 heavy (non-hydrogen) atoms. The largest absolute Gasteiger partial charge is 0.426 e. The Labute approximate surface area is 207 Å². The van der Waals surface area contributed by atoms with Crippen molar-refractivity contribution >= 4 is 41.3 Å². The molecular weight excluding hydrogens is 462 g/mol. The topological polar surface area (TPSA) is 107 Å². The smallest absolute Gasteiger partial charge is 0.308 e. The van der Waals surface area contributed by atoms with Crippen LogP contribution in [0.15, 0.2) is 78.9 Å². The van der Waals surface area contributed by atoms with Crippen molar-refractivity contribution in [1.82, 2.24) is 0 Å². The summed E-state index contributed by atoms with van der Waals surface area (Å²) < 4.78 is 10.4. The molecule has 0 heterocycles. The van der Waals surface area contributed by atoms with E-state index in [1.54, 1.807) is 54.6 Å². The molecule has 8 nitrogen and oxygen atoms in total. The van der Waals surface area contributed by atoms with E-state index in [0.717, 1.165) is 4.90 Å². The number of benzene rings is 3. The molecule has 0 radical (unpaired) electrons. The summed E-state index contributed by atoms with van der Waals surface area (Å²) in [4.78, 5) is 62.8. The van der Waals surface area contributed by atoms with Gasteiger partial charge in [-0.25, -0.2) is 4.90 Å².